The van der Waals surface area contributed by atoms with Gasteiger partial charge in [-0.2, -0.15) is 8.78 Å². The van der Waals surface area contributed by atoms with Gasteiger partial charge in [0, 0.05) is 50.4 Å². The van der Waals surface area contributed by atoms with Gasteiger partial charge in [-0.25, -0.2) is 17.2 Å². The maximum Gasteiger partial charge on any atom is 0.269 e. The molecule has 1 saturated carbocycles. The van der Waals surface area contributed by atoms with Crippen molar-refractivity contribution in [1.82, 2.24) is 0 Å². The average Bonchev–Trinajstić information content (AvgIpc) is 3.75. The van der Waals surface area contributed by atoms with E-state index in [4.69, 9.17) is 0 Å². The first-order chi connectivity index (χ1) is 19.4. The highest BCUT2D eigenvalue weighted by Gasteiger charge is 2.54. The van der Waals surface area contributed by atoms with Crippen LogP contribution in [0.4, 0.5) is 40.3 Å². The standard InChI is InChI=1S/C28H32F4N4O4S/c29-25(30)19-6-12-36(13-7-19)24-17-21(34-41(39,40)27(18-37)8-9-27)4-5-23(24)26(38)33-20-2-1-3-22(16-20)35-14-10-28(31,32)11-15-35/h1-5,16-17,34,37H,6-15,18H2,(H,33,38). The van der Waals surface area contributed by atoms with Crippen LogP contribution in [0, 0.1) is 0 Å². The van der Waals surface area contributed by atoms with Gasteiger partial charge in [-0.05, 0) is 67.7 Å². The third-order valence-corrected chi connectivity index (χ3v) is 10.3. The summed E-state index contributed by atoms with van der Waals surface area (Å²) in [6.45, 7) is 0.283. The highest BCUT2D eigenvalue weighted by atomic mass is 32.2. The molecule has 0 radical (unpaired) electrons. The van der Waals surface area contributed by atoms with E-state index in [0.717, 1.165) is 0 Å². The summed E-state index contributed by atoms with van der Waals surface area (Å²) >= 11 is 0. The zero-order valence-electron chi connectivity index (χ0n) is 22.3. The molecule has 0 aromatic heterocycles. The van der Waals surface area contributed by atoms with Crippen LogP contribution in [0.3, 0.4) is 0 Å². The number of anilines is 4. The van der Waals surface area contributed by atoms with Gasteiger partial charge in [-0.15, -0.1) is 0 Å². The minimum absolute atomic E-state index is 0.0509. The third kappa shape index (κ3) is 6.30. The molecule has 0 unspecified atom stereocenters. The number of hydrogen-bond donors (Lipinski definition) is 3. The van der Waals surface area contributed by atoms with Crippen LogP contribution in [0.25, 0.3) is 0 Å². The van der Waals surface area contributed by atoms with Crippen molar-refractivity contribution in [2.24, 2.45) is 0 Å². The molecule has 2 aromatic rings. The molecule has 13 heteroatoms. The average molecular weight is 597 g/mol. The van der Waals surface area contributed by atoms with Gasteiger partial charge in [0.15, 0.2) is 0 Å². The minimum Gasteiger partial charge on any atom is -0.395 e. The van der Waals surface area contributed by atoms with Gasteiger partial charge in [0.1, 0.15) is 4.75 Å². The van der Waals surface area contributed by atoms with Crippen molar-refractivity contribution < 1.29 is 35.9 Å². The SMILES string of the molecule is O=C(Nc1cccc(N2CCC(F)(F)CC2)c1)c1ccc(NS(=O)(=O)C2(CO)CC2)cc1N1CCC(=C(F)F)CC1. The number of sulfonamides is 1. The van der Waals surface area contributed by atoms with E-state index < -0.39 is 39.3 Å². The number of hydrogen-bond acceptors (Lipinski definition) is 6. The van der Waals surface area contributed by atoms with Crippen molar-refractivity contribution in [2.75, 3.05) is 52.6 Å². The van der Waals surface area contributed by atoms with Crippen molar-refractivity contribution in [3.05, 3.63) is 59.7 Å². The Morgan fingerprint density at radius 1 is 0.902 bits per heavy atom. The van der Waals surface area contributed by atoms with E-state index in [0.29, 0.717) is 29.9 Å². The molecule has 5 rings (SSSR count). The Balaban J connectivity index is 1.39. The number of piperidine rings is 2. The molecule has 2 heterocycles. The summed E-state index contributed by atoms with van der Waals surface area (Å²) in [6, 6.07) is 11.3. The van der Waals surface area contributed by atoms with Gasteiger partial charge < -0.3 is 20.2 Å². The summed E-state index contributed by atoms with van der Waals surface area (Å²) in [4.78, 5) is 17.1. The number of benzene rings is 2. The lowest BCUT2D eigenvalue weighted by Gasteiger charge is -2.33. The number of alkyl halides is 2. The van der Waals surface area contributed by atoms with Crippen LogP contribution < -0.4 is 19.8 Å². The van der Waals surface area contributed by atoms with E-state index in [2.05, 4.69) is 10.0 Å². The van der Waals surface area contributed by atoms with Gasteiger partial charge in [-0.3, -0.25) is 9.52 Å². The predicted octanol–water partition coefficient (Wildman–Crippen LogP) is 5.19. The summed E-state index contributed by atoms with van der Waals surface area (Å²) in [5, 5.41) is 12.4. The van der Waals surface area contributed by atoms with E-state index in [1.807, 2.05) is 4.90 Å². The Labute approximate surface area is 236 Å². The van der Waals surface area contributed by atoms with Crippen molar-refractivity contribution in [3.8, 4) is 0 Å². The first kappa shape index (κ1) is 29.2. The highest BCUT2D eigenvalue weighted by Crippen LogP contribution is 2.44. The number of aliphatic hydroxyl groups is 1. The zero-order chi connectivity index (χ0) is 29.4. The number of carbonyl (C=O) groups is 1. The van der Waals surface area contributed by atoms with E-state index >= 15 is 0 Å². The lowest BCUT2D eigenvalue weighted by Crippen LogP contribution is -2.39. The van der Waals surface area contributed by atoms with E-state index in [1.165, 1.54) is 18.2 Å². The normalized spacial score (nSPS) is 20.0. The zero-order valence-corrected chi connectivity index (χ0v) is 23.1. The van der Waals surface area contributed by atoms with Crippen LogP contribution in [-0.4, -0.2) is 62.9 Å². The number of nitrogens with one attached hydrogen (secondary N) is 2. The highest BCUT2D eigenvalue weighted by molar-refractivity contribution is 7.94. The quantitative estimate of drug-likeness (QED) is 0.363. The summed E-state index contributed by atoms with van der Waals surface area (Å²) in [5.74, 6) is -3.18. The smallest absolute Gasteiger partial charge is 0.269 e. The second-order valence-corrected chi connectivity index (χ2v) is 13.0. The minimum atomic E-state index is -3.90. The molecule has 0 spiro atoms. The molecular weight excluding hydrogens is 564 g/mol. The van der Waals surface area contributed by atoms with E-state index in [9.17, 15) is 35.9 Å². The molecular formula is C28H32F4N4O4S. The fraction of sp³-hybridized carbons (Fsp3) is 0.464. The maximum atomic E-state index is 13.6. The fourth-order valence-electron chi connectivity index (χ4n) is 5.24. The summed E-state index contributed by atoms with van der Waals surface area (Å²) in [5.41, 5.74) is 1.98. The summed E-state index contributed by atoms with van der Waals surface area (Å²) in [6.07, 6.45) is -1.33. The molecule has 41 heavy (non-hydrogen) atoms. The van der Waals surface area contributed by atoms with Gasteiger partial charge in [0.2, 0.25) is 10.0 Å². The monoisotopic (exact) mass is 596 g/mol. The van der Waals surface area contributed by atoms with Gasteiger partial charge in [0.05, 0.1) is 23.5 Å². The lowest BCUT2D eigenvalue weighted by atomic mass is 10.0. The molecule has 8 nitrogen and oxygen atoms in total. The topological polar surface area (TPSA) is 102 Å². The number of carbonyl (C=O) groups excluding carboxylic acids is 1. The van der Waals surface area contributed by atoms with Crippen LogP contribution in [0.15, 0.2) is 54.1 Å². The van der Waals surface area contributed by atoms with Gasteiger partial charge in [-0.1, -0.05) is 6.07 Å². The lowest BCUT2D eigenvalue weighted by molar-refractivity contribution is -0.0220. The maximum absolute atomic E-state index is 13.6. The molecule has 2 saturated heterocycles. The first-order valence-corrected chi connectivity index (χ1v) is 15.0. The molecule has 0 bridgehead atoms. The Bertz CT molecular complexity index is 1440. The second kappa shape index (κ2) is 11.2. The van der Waals surface area contributed by atoms with Crippen LogP contribution >= 0.6 is 0 Å². The van der Waals surface area contributed by atoms with Crippen molar-refractivity contribution in [1.29, 1.82) is 0 Å². The molecule has 2 aliphatic heterocycles. The summed E-state index contributed by atoms with van der Waals surface area (Å²) < 4.78 is 80.6. The number of nitrogens with zero attached hydrogens (tertiary/aromatic N) is 2. The molecule has 0 atom stereocenters. The first-order valence-electron chi connectivity index (χ1n) is 13.5. The van der Waals surface area contributed by atoms with Crippen LogP contribution in [-0.2, 0) is 10.0 Å². The molecule has 3 fully saturated rings. The van der Waals surface area contributed by atoms with Gasteiger partial charge >= 0.3 is 0 Å². The number of aliphatic hydroxyl groups excluding tert-OH is 1. The molecule has 222 valence electrons. The molecule has 1 amide bonds. The molecule has 2 aromatic carbocycles. The number of amides is 1. The second-order valence-electron chi connectivity index (χ2n) is 10.9. The van der Waals surface area contributed by atoms with E-state index in [1.54, 1.807) is 29.2 Å². The third-order valence-electron chi connectivity index (χ3n) is 8.10. The fourth-order valence-corrected chi connectivity index (χ4v) is 6.70. The van der Waals surface area contributed by atoms with Gasteiger partial charge in [0.25, 0.3) is 17.9 Å². The van der Waals surface area contributed by atoms with Crippen molar-refractivity contribution in [2.45, 2.75) is 49.2 Å². The Morgan fingerprint density at radius 3 is 2.20 bits per heavy atom. The number of halogens is 4. The molecule has 1 aliphatic carbocycles. The number of rotatable bonds is 8. The predicted molar refractivity (Wildman–Crippen MR) is 150 cm³/mol. The van der Waals surface area contributed by atoms with Crippen LogP contribution in [0.1, 0.15) is 48.9 Å². The van der Waals surface area contributed by atoms with Crippen molar-refractivity contribution >= 4 is 38.7 Å². The summed E-state index contributed by atoms with van der Waals surface area (Å²) in [7, 11) is -3.90. The Hall–Kier alpha value is -3.32. The molecule has 3 N–H and O–H groups in total. The van der Waals surface area contributed by atoms with E-state index in [-0.39, 0.29) is 68.7 Å². The largest absolute Gasteiger partial charge is 0.395 e. The Morgan fingerprint density at radius 2 is 1.59 bits per heavy atom. The van der Waals surface area contributed by atoms with Crippen LogP contribution in [0.5, 0.6) is 0 Å². The van der Waals surface area contributed by atoms with Crippen molar-refractivity contribution in [3.63, 3.8) is 0 Å². The Kier molecular flexibility index (Phi) is 7.94. The van der Waals surface area contributed by atoms with Crippen LogP contribution in [0.2, 0.25) is 0 Å². The molecule has 3 aliphatic rings.